The Bertz CT molecular complexity index is 612. The van der Waals surface area contributed by atoms with E-state index in [1.54, 1.807) is 0 Å². The van der Waals surface area contributed by atoms with E-state index in [1.807, 2.05) is 6.21 Å². The molecule has 0 rings (SSSR count). The minimum atomic E-state index is -1.000. The number of aliphatic carboxylic acids is 1. The lowest BCUT2D eigenvalue weighted by atomic mass is 10.1. The maximum Gasteiger partial charge on any atom is 0.145 e. The molecule has 4 heteroatoms. The van der Waals surface area contributed by atoms with Crippen LogP contribution in [0.15, 0.2) is 23.9 Å². The molecule has 0 spiro atoms. The summed E-state index contributed by atoms with van der Waals surface area (Å²) in [4.78, 5) is 13.7. The van der Waals surface area contributed by atoms with E-state index < -0.39 is 5.97 Å². The fraction of sp³-hybridized carbons (Fsp3) is 0.833. The highest BCUT2D eigenvalue weighted by Crippen LogP contribution is 2.12. The van der Waals surface area contributed by atoms with Crippen molar-refractivity contribution in [3.8, 4) is 0 Å². The monoisotopic (exact) mass is 561 g/mol. The summed E-state index contributed by atoms with van der Waals surface area (Å²) in [5, 5.41) is 14.3. The molecule has 0 aromatic heterocycles. The van der Waals surface area contributed by atoms with Gasteiger partial charge >= 0.3 is 0 Å². The number of hydrogen-bond donors (Lipinski definition) is 2. The molecule has 0 aliphatic rings. The number of unbranched alkanes of at least 4 members (excludes halogenated alkanes) is 21. The number of hydrogen-bond acceptors (Lipinski definition) is 3. The van der Waals surface area contributed by atoms with Crippen LogP contribution in [0, 0.1) is 0 Å². The Morgan fingerprint density at radius 2 is 1.07 bits per heavy atom. The van der Waals surface area contributed by atoms with Crippen LogP contribution in [0.1, 0.15) is 181 Å². The van der Waals surface area contributed by atoms with Crippen LogP contribution in [-0.2, 0) is 4.79 Å². The standard InChI is InChI=1S/C36H68N2O2/c1-3-5-7-9-11-13-15-16-17-18-19-20-22-24-26-28-32-38-35(30-33-37-34-31-36(39)40)29-27-25-23-21-14-12-10-8-6-4-2/h16-17,29,33,38H,3-15,18-28,30-32,34H2,1-2H3,(H,39,40)/b17-16-,35-29?,37-33?. The van der Waals surface area contributed by atoms with Crippen LogP contribution >= 0.6 is 0 Å². The summed E-state index contributed by atoms with van der Waals surface area (Å²) >= 11 is 0. The Morgan fingerprint density at radius 1 is 0.625 bits per heavy atom. The molecule has 234 valence electrons. The number of carboxylic acids is 1. The summed E-state index contributed by atoms with van der Waals surface area (Å²) in [5.74, 6) is -1.000. The summed E-state index contributed by atoms with van der Waals surface area (Å²) in [6, 6.07) is 0. The second kappa shape index (κ2) is 33.6. The quantitative estimate of drug-likeness (QED) is 0.0496. The van der Waals surface area contributed by atoms with Gasteiger partial charge in [-0.15, -0.1) is 0 Å². The maximum atomic E-state index is 10.6. The zero-order chi connectivity index (χ0) is 29.2. The molecule has 0 amide bonds. The Labute approximate surface area is 250 Å². The summed E-state index contributed by atoms with van der Waals surface area (Å²) in [5.41, 5.74) is 1.27. The average Bonchev–Trinajstić information content (AvgIpc) is 2.94. The Morgan fingerprint density at radius 3 is 1.57 bits per heavy atom. The van der Waals surface area contributed by atoms with E-state index in [9.17, 15) is 9.90 Å². The first-order valence-corrected chi connectivity index (χ1v) is 17.5. The highest BCUT2D eigenvalue weighted by atomic mass is 16.4. The van der Waals surface area contributed by atoms with E-state index in [-0.39, 0.29) is 6.42 Å². The molecule has 0 fully saturated rings. The highest BCUT2D eigenvalue weighted by molar-refractivity contribution is 5.64. The molecule has 2 N–H and O–H groups in total. The molecule has 0 saturated heterocycles. The molecule has 0 aromatic rings. The number of rotatable bonds is 32. The summed E-state index contributed by atoms with van der Waals surface area (Å²) in [7, 11) is 0. The molecule has 0 aliphatic carbocycles. The van der Waals surface area contributed by atoms with Crippen molar-refractivity contribution in [2.24, 2.45) is 0 Å². The van der Waals surface area contributed by atoms with Gasteiger partial charge in [0.15, 0.2) is 0 Å². The van der Waals surface area contributed by atoms with Crippen molar-refractivity contribution in [2.75, 3.05) is 13.1 Å². The predicted molar refractivity (Wildman–Crippen MR) is 174 cm³/mol. The molecule has 0 unspecified atom stereocenters. The van der Waals surface area contributed by atoms with E-state index >= 15 is 0 Å². The normalized spacial score (nSPS) is 12.2. The largest absolute Gasteiger partial charge is 0.550 e. The van der Waals surface area contributed by atoms with Gasteiger partial charge in [-0.2, -0.15) is 0 Å². The molecule has 0 aliphatic heterocycles. The Balaban J connectivity index is 3.90. The first kappa shape index (κ1) is 38.4. The van der Waals surface area contributed by atoms with Crippen molar-refractivity contribution in [1.29, 1.82) is 0 Å². The lowest BCUT2D eigenvalue weighted by Crippen LogP contribution is -2.69. The van der Waals surface area contributed by atoms with E-state index in [0.717, 1.165) is 19.4 Å². The van der Waals surface area contributed by atoms with Crippen LogP contribution in [0.25, 0.3) is 0 Å². The van der Waals surface area contributed by atoms with Crippen molar-refractivity contribution in [3.05, 3.63) is 23.9 Å². The van der Waals surface area contributed by atoms with E-state index in [2.05, 4.69) is 42.4 Å². The third-order valence-corrected chi connectivity index (χ3v) is 7.68. The molecule has 4 nitrogen and oxygen atoms in total. The number of allylic oxidation sites excluding steroid dienone is 4. The van der Waals surface area contributed by atoms with Crippen molar-refractivity contribution >= 4 is 12.2 Å². The predicted octanol–water partition coefficient (Wildman–Crippen LogP) is 8.10. The highest BCUT2D eigenvalue weighted by Gasteiger charge is 1.99. The minimum absolute atomic E-state index is 0.0525. The fourth-order valence-electron chi connectivity index (χ4n) is 5.04. The number of carbonyl (C=O) groups is 1. The van der Waals surface area contributed by atoms with Gasteiger partial charge in [0.05, 0.1) is 6.42 Å². The first-order valence-electron chi connectivity index (χ1n) is 17.5. The third kappa shape index (κ3) is 32.6. The maximum absolute atomic E-state index is 10.6. The lowest BCUT2D eigenvalue weighted by molar-refractivity contribution is -0.454. The van der Waals surface area contributed by atoms with Gasteiger partial charge in [0, 0.05) is 24.6 Å². The van der Waals surface area contributed by atoms with Gasteiger partial charge in [0.2, 0.25) is 0 Å². The third-order valence-electron chi connectivity index (χ3n) is 7.68. The van der Waals surface area contributed by atoms with Gasteiger partial charge < -0.3 is 15.2 Å². The minimum Gasteiger partial charge on any atom is -0.550 e. The van der Waals surface area contributed by atoms with Crippen LogP contribution in [0.3, 0.4) is 0 Å². The zero-order valence-electron chi connectivity index (χ0n) is 26.9. The lowest BCUT2D eigenvalue weighted by Gasteiger charge is -2.09. The van der Waals surface area contributed by atoms with Crippen molar-refractivity contribution in [1.82, 2.24) is 5.32 Å². The van der Waals surface area contributed by atoms with Gasteiger partial charge in [-0.25, -0.2) is 0 Å². The SMILES string of the molecule is CCCCCCCC/C=C\CCCCCCCCNC(=CCCCCCCCCCCC)CC=[NH+]CCC(=O)[O-]. The van der Waals surface area contributed by atoms with Crippen molar-refractivity contribution in [3.63, 3.8) is 0 Å². The number of nitrogens with one attached hydrogen (secondary N) is 2. The van der Waals surface area contributed by atoms with Crippen LogP contribution < -0.4 is 15.4 Å². The second-order valence-corrected chi connectivity index (χ2v) is 11.7. The molecular formula is C36H68N2O2. The number of carbonyl (C=O) groups excluding carboxylic acids is 1. The average molecular weight is 561 g/mol. The Kier molecular flexibility index (Phi) is 32.3. The van der Waals surface area contributed by atoms with E-state index in [4.69, 9.17) is 0 Å². The molecule has 0 saturated carbocycles. The van der Waals surface area contributed by atoms with Gasteiger partial charge in [0.1, 0.15) is 12.8 Å². The fourth-order valence-corrected chi connectivity index (χ4v) is 5.04. The Hall–Kier alpha value is -1.58. The summed E-state index contributed by atoms with van der Waals surface area (Å²) in [6.07, 6.45) is 42.1. The zero-order valence-corrected chi connectivity index (χ0v) is 26.9. The molecule has 0 aromatic carbocycles. The van der Waals surface area contributed by atoms with Crippen LogP contribution in [0.2, 0.25) is 0 Å². The van der Waals surface area contributed by atoms with Crippen LogP contribution in [0.4, 0.5) is 0 Å². The molecule has 0 atom stereocenters. The second-order valence-electron chi connectivity index (χ2n) is 11.7. The first-order chi connectivity index (χ1) is 19.7. The van der Waals surface area contributed by atoms with Gasteiger partial charge in [0.25, 0.3) is 0 Å². The van der Waals surface area contributed by atoms with E-state index in [0.29, 0.717) is 6.54 Å². The summed E-state index contributed by atoms with van der Waals surface area (Å²) in [6.45, 7) is 6.01. The topological polar surface area (TPSA) is 66.1 Å². The van der Waals surface area contributed by atoms with Crippen LogP contribution in [-0.4, -0.2) is 25.3 Å². The van der Waals surface area contributed by atoms with Gasteiger partial charge in [-0.1, -0.05) is 141 Å². The molecule has 0 bridgehead atoms. The number of carboxylic acid groups (broad SMARTS) is 1. The van der Waals surface area contributed by atoms with Gasteiger partial charge in [-0.05, 0) is 44.9 Å². The van der Waals surface area contributed by atoms with Gasteiger partial charge in [-0.3, -0.25) is 4.99 Å². The molecule has 0 heterocycles. The van der Waals surface area contributed by atoms with Crippen molar-refractivity contribution in [2.45, 2.75) is 181 Å². The molecular weight excluding hydrogens is 492 g/mol. The smallest absolute Gasteiger partial charge is 0.145 e. The molecule has 0 radical (unpaired) electrons. The van der Waals surface area contributed by atoms with Crippen LogP contribution in [0.5, 0.6) is 0 Å². The van der Waals surface area contributed by atoms with E-state index in [1.165, 1.54) is 153 Å². The summed E-state index contributed by atoms with van der Waals surface area (Å²) < 4.78 is 0. The van der Waals surface area contributed by atoms with Crippen molar-refractivity contribution < 1.29 is 14.9 Å². The molecule has 40 heavy (non-hydrogen) atoms.